The maximum atomic E-state index is 12.1. The molecule has 0 fully saturated rings. The SMILES string of the molecule is CCNC(=O)c1sc(NCCC(F)(F)F)c(OC)c1N. The zero-order valence-corrected chi connectivity index (χ0v) is 11.9. The van der Waals surface area contributed by atoms with E-state index in [2.05, 4.69) is 10.6 Å². The van der Waals surface area contributed by atoms with Crippen molar-refractivity contribution in [3.05, 3.63) is 4.88 Å². The van der Waals surface area contributed by atoms with E-state index in [1.54, 1.807) is 6.92 Å². The number of rotatable bonds is 6. The van der Waals surface area contributed by atoms with Crippen molar-refractivity contribution in [2.24, 2.45) is 0 Å². The Hall–Kier alpha value is -1.64. The number of hydrogen-bond donors (Lipinski definition) is 3. The Morgan fingerprint density at radius 1 is 1.45 bits per heavy atom. The van der Waals surface area contributed by atoms with E-state index in [4.69, 9.17) is 10.5 Å². The number of hydrogen-bond acceptors (Lipinski definition) is 5. The van der Waals surface area contributed by atoms with Gasteiger partial charge in [0.05, 0.1) is 13.5 Å². The first-order valence-electron chi connectivity index (χ1n) is 5.85. The Balaban J connectivity index is 2.85. The third kappa shape index (κ3) is 4.19. The Labute approximate surface area is 118 Å². The first-order chi connectivity index (χ1) is 9.30. The van der Waals surface area contributed by atoms with Crippen LogP contribution < -0.4 is 21.1 Å². The molecule has 114 valence electrons. The molecule has 1 aromatic heterocycles. The number of nitrogens with one attached hydrogen (secondary N) is 2. The standard InChI is InChI=1S/C11H16F3N3O2S/c1-3-16-9(18)8-6(15)7(19-2)10(20-8)17-5-4-11(12,13)14/h17H,3-5,15H2,1-2H3,(H,16,18). The highest BCUT2D eigenvalue weighted by Crippen LogP contribution is 2.42. The van der Waals surface area contributed by atoms with Crippen LogP contribution in [0.5, 0.6) is 5.75 Å². The lowest BCUT2D eigenvalue weighted by molar-refractivity contribution is -0.131. The van der Waals surface area contributed by atoms with Crippen LogP contribution in [-0.2, 0) is 0 Å². The van der Waals surface area contributed by atoms with Crippen molar-refractivity contribution < 1.29 is 22.7 Å². The van der Waals surface area contributed by atoms with Crippen LogP contribution >= 0.6 is 11.3 Å². The van der Waals surface area contributed by atoms with Gasteiger partial charge >= 0.3 is 6.18 Å². The Morgan fingerprint density at radius 2 is 2.10 bits per heavy atom. The van der Waals surface area contributed by atoms with Gasteiger partial charge in [0.15, 0.2) is 5.75 Å². The van der Waals surface area contributed by atoms with Gasteiger partial charge < -0.3 is 21.1 Å². The van der Waals surface area contributed by atoms with E-state index in [1.165, 1.54) is 7.11 Å². The van der Waals surface area contributed by atoms with Crippen molar-refractivity contribution >= 4 is 27.9 Å². The van der Waals surface area contributed by atoms with Gasteiger partial charge in [-0.1, -0.05) is 0 Å². The van der Waals surface area contributed by atoms with Crippen LogP contribution in [0, 0.1) is 0 Å². The van der Waals surface area contributed by atoms with Crippen LogP contribution in [0.3, 0.4) is 0 Å². The molecule has 1 aromatic rings. The number of anilines is 2. The van der Waals surface area contributed by atoms with E-state index in [0.717, 1.165) is 11.3 Å². The van der Waals surface area contributed by atoms with E-state index in [0.29, 0.717) is 11.5 Å². The van der Waals surface area contributed by atoms with Gasteiger partial charge in [0, 0.05) is 13.1 Å². The molecule has 20 heavy (non-hydrogen) atoms. The molecule has 0 saturated heterocycles. The van der Waals surface area contributed by atoms with Gasteiger partial charge in [-0.3, -0.25) is 4.79 Å². The average Bonchev–Trinajstić information content (AvgIpc) is 2.64. The summed E-state index contributed by atoms with van der Waals surface area (Å²) in [6.45, 7) is 1.87. The number of alkyl halides is 3. The van der Waals surface area contributed by atoms with Gasteiger partial charge in [0.2, 0.25) is 0 Å². The fourth-order valence-corrected chi connectivity index (χ4v) is 2.51. The van der Waals surface area contributed by atoms with Gasteiger partial charge in [-0.15, -0.1) is 11.3 Å². The lowest BCUT2D eigenvalue weighted by atomic mass is 10.3. The van der Waals surface area contributed by atoms with Crippen molar-refractivity contribution in [3.63, 3.8) is 0 Å². The summed E-state index contributed by atoms with van der Waals surface area (Å²) in [5.41, 5.74) is 5.89. The van der Waals surface area contributed by atoms with Crippen molar-refractivity contribution in [1.29, 1.82) is 0 Å². The molecule has 1 heterocycles. The lowest BCUT2D eigenvalue weighted by Crippen LogP contribution is -2.22. The molecule has 0 aliphatic carbocycles. The molecule has 0 radical (unpaired) electrons. The maximum Gasteiger partial charge on any atom is 0.390 e. The Kier molecular flexibility index (Phi) is 5.49. The minimum Gasteiger partial charge on any atom is -0.492 e. The van der Waals surface area contributed by atoms with Crippen LogP contribution in [-0.4, -0.2) is 32.3 Å². The largest absolute Gasteiger partial charge is 0.492 e. The normalized spacial score (nSPS) is 11.2. The number of halogens is 3. The minimum atomic E-state index is -4.24. The summed E-state index contributed by atoms with van der Waals surface area (Å²) in [5.74, 6) is -0.185. The molecule has 4 N–H and O–H groups in total. The van der Waals surface area contributed by atoms with Crippen molar-refractivity contribution in [2.45, 2.75) is 19.5 Å². The van der Waals surface area contributed by atoms with Crippen LogP contribution in [0.1, 0.15) is 23.0 Å². The fraction of sp³-hybridized carbons (Fsp3) is 0.545. The zero-order chi connectivity index (χ0) is 15.3. The zero-order valence-electron chi connectivity index (χ0n) is 11.1. The van der Waals surface area contributed by atoms with Crippen LogP contribution in [0.2, 0.25) is 0 Å². The van der Waals surface area contributed by atoms with Crippen LogP contribution in [0.25, 0.3) is 0 Å². The molecule has 9 heteroatoms. The highest BCUT2D eigenvalue weighted by atomic mass is 32.1. The first kappa shape index (κ1) is 16.4. The van der Waals surface area contributed by atoms with E-state index in [1.807, 2.05) is 0 Å². The van der Waals surface area contributed by atoms with Crippen molar-refractivity contribution in [1.82, 2.24) is 5.32 Å². The summed E-state index contributed by atoms with van der Waals surface area (Å²) in [5, 5.41) is 5.48. The maximum absolute atomic E-state index is 12.1. The number of nitrogen functional groups attached to an aromatic ring is 1. The average molecular weight is 311 g/mol. The summed E-state index contributed by atoms with van der Waals surface area (Å²) < 4.78 is 41.3. The monoisotopic (exact) mass is 311 g/mol. The smallest absolute Gasteiger partial charge is 0.390 e. The summed E-state index contributed by atoms with van der Waals surface area (Å²) in [7, 11) is 1.34. The third-order valence-electron chi connectivity index (χ3n) is 2.34. The van der Waals surface area contributed by atoms with Gasteiger partial charge in [-0.05, 0) is 6.92 Å². The molecule has 0 saturated carbocycles. The summed E-state index contributed by atoms with van der Waals surface area (Å²) >= 11 is 0.969. The molecule has 0 atom stereocenters. The second-order valence-electron chi connectivity index (χ2n) is 3.86. The highest BCUT2D eigenvalue weighted by molar-refractivity contribution is 7.19. The van der Waals surface area contributed by atoms with Gasteiger partial charge in [0.1, 0.15) is 15.6 Å². The molecular weight excluding hydrogens is 295 g/mol. The van der Waals surface area contributed by atoms with Crippen LogP contribution in [0.15, 0.2) is 0 Å². The van der Waals surface area contributed by atoms with Gasteiger partial charge in [-0.25, -0.2) is 0 Å². The molecule has 1 rings (SSSR count). The number of carbonyl (C=O) groups is 1. The predicted octanol–water partition coefficient (Wildman–Crippen LogP) is 2.45. The number of amides is 1. The molecule has 0 bridgehead atoms. The van der Waals surface area contributed by atoms with E-state index < -0.39 is 12.6 Å². The molecule has 1 amide bonds. The molecule has 0 unspecified atom stereocenters. The van der Waals surface area contributed by atoms with E-state index in [9.17, 15) is 18.0 Å². The summed E-state index contributed by atoms with van der Waals surface area (Å²) in [6, 6.07) is 0. The molecule has 0 aliphatic heterocycles. The van der Waals surface area contributed by atoms with E-state index in [-0.39, 0.29) is 28.8 Å². The predicted molar refractivity (Wildman–Crippen MR) is 72.5 cm³/mol. The molecular formula is C11H16F3N3O2S. The number of ether oxygens (including phenoxy) is 1. The Morgan fingerprint density at radius 3 is 2.60 bits per heavy atom. The summed E-state index contributed by atoms with van der Waals surface area (Å²) in [4.78, 5) is 12.0. The van der Waals surface area contributed by atoms with Crippen molar-refractivity contribution in [2.75, 3.05) is 31.2 Å². The molecule has 0 spiro atoms. The van der Waals surface area contributed by atoms with Crippen LogP contribution in [0.4, 0.5) is 23.9 Å². The van der Waals surface area contributed by atoms with Crippen molar-refractivity contribution in [3.8, 4) is 5.75 Å². The van der Waals surface area contributed by atoms with Gasteiger partial charge in [-0.2, -0.15) is 13.2 Å². The lowest BCUT2D eigenvalue weighted by Gasteiger charge is -2.08. The highest BCUT2D eigenvalue weighted by Gasteiger charge is 2.27. The topological polar surface area (TPSA) is 76.4 Å². The number of thiophene rings is 1. The fourth-order valence-electron chi connectivity index (χ4n) is 1.48. The molecule has 0 aromatic carbocycles. The second-order valence-corrected chi connectivity index (χ2v) is 4.88. The number of methoxy groups -OCH3 is 1. The first-order valence-corrected chi connectivity index (χ1v) is 6.66. The molecule has 0 aliphatic rings. The number of nitrogens with two attached hydrogens (primary N) is 1. The summed E-state index contributed by atoms with van der Waals surface area (Å²) in [6.07, 6.45) is -5.23. The molecule has 5 nitrogen and oxygen atoms in total. The minimum absolute atomic E-state index is 0.123. The quantitative estimate of drug-likeness (QED) is 0.754. The second kappa shape index (κ2) is 6.69. The number of carbonyl (C=O) groups excluding carboxylic acids is 1. The third-order valence-corrected chi connectivity index (χ3v) is 3.48. The van der Waals surface area contributed by atoms with Gasteiger partial charge in [0.25, 0.3) is 5.91 Å². The van der Waals surface area contributed by atoms with E-state index >= 15 is 0 Å². The Bertz CT molecular complexity index is 474.